The van der Waals surface area contributed by atoms with Crippen molar-refractivity contribution in [1.82, 2.24) is 4.90 Å². The molecule has 0 aromatic heterocycles. The van der Waals surface area contributed by atoms with Gasteiger partial charge in [0.15, 0.2) is 0 Å². The molecule has 1 saturated carbocycles. The van der Waals surface area contributed by atoms with Crippen molar-refractivity contribution in [3.05, 3.63) is 34.1 Å². The highest BCUT2D eigenvalue weighted by Crippen LogP contribution is 2.30. The summed E-state index contributed by atoms with van der Waals surface area (Å²) >= 11 is 3.14. The molecule has 1 N–H and O–H groups in total. The second-order valence-corrected chi connectivity index (χ2v) is 5.52. The minimum Gasteiger partial charge on any atom is -0.480 e. The SMILES string of the molecule is CC(C(=O)O)N(Cc1ccc(F)c(Br)c1)C1CC1. The lowest BCUT2D eigenvalue weighted by Crippen LogP contribution is -2.40. The number of nitrogens with zero attached hydrogens (tertiary/aromatic N) is 1. The van der Waals surface area contributed by atoms with E-state index in [0.717, 1.165) is 18.4 Å². The van der Waals surface area contributed by atoms with Crippen LogP contribution in [0.15, 0.2) is 22.7 Å². The molecule has 2 rings (SSSR count). The molecule has 0 heterocycles. The Labute approximate surface area is 114 Å². The summed E-state index contributed by atoms with van der Waals surface area (Å²) < 4.78 is 13.6. The fraction of sp³-hybridized carbons (Fsp3) is 0.462. The van der Waals surface area contributed by atoms with Crippen LogP contribution in [0.25, 0.3) is 0 Å². The fourth-order valence-corrected chi connectivity index (χ4v) is 2.41. The highest BCUT2D eigenvalue weighted by Gasteiger charge is 2.34. The van der Waals surface area contributed by atoms with E-state index in [2.05, 4.69) is 15.9 Å². The van der Waals surface area contributed by atoms with Crippen molar-refractivity contribution in [2.24, 2.45) is 0 Å². The van der Waals surface area contributed by atoms with Crippen molar-refractivity contribution >= 4 is 21.9 Å². The van der Waals surface area contributed by atoms with E-state index in [1.54, 1.807) is 19.1 Å². The number of rotatable bonds is 5. The zero-order valence-electron chi connectivity index (χ0n) is 10.1. The first-order valence-electron chi connectivity index (χ1n) is 5.91. The predicted molar refractivity (Wildman–Crippen MR) is 69.8 cm³/mol. The van der Waals surface area contributed by atoms with Gasteiger partial charge in [-0.15, -0.1) is 0 Å². The average Bonchev–Trinajstić information content (AvgIpc) is 3.13. The second kappa shape index (κ2) is 5.36. The van der Waals surface area contributed by atoms with Gasteiger partial charge < -0.3 is 5.11 Å². The normalized spacial score (nSPS) is 16.9. The number of carbonyl (C=O) groups is 1. The van der Waals surface area contributed by atoms with Gasteiger partial charge in [0, 0.05) is 12.6 Å². The standard InChI is InChI=1S/C13H15BrFNO2/c1-8(13(17)18)16(10-3-4-10)7-9-2-5-12(15)11(14)6-9/h2,5-6,8,10H,3-4,7H2,1H3,(H,17,18). The van der Waals surface area contributed by atoms with Crippen LogP contribution < -0.4 is 0 Å². The maximum absolute atomic E-state index is 13.1. The molecule has 0 radical (unpaired) electrons. The molecule has 0 spiro atoms. The number of aliphatic carboxylic acids is 1. The summed E-state index contributed by atoms with van der Waals surface area (Å²) in [6, 6.07) is 4.64. The molecular formula is C13H15BrFNO2. The third kappa shape index (κ3) is 3.09. The summed E-state index contributed by atoms with van der Waals surface area (Å²) in [5, 5.41) is 9.09. The van der Waals surface area contributed by atoms with Crippen LogP contribution in [0.1, 0.15) is 25.3 Å². The van der Waals surface area contributed by atoms with Crippen LogP contribution in [0, 0.1) is 5.82 Å². The molecule has 1 unspecified atom stereocenters. The Kier molecular flexibility index (Phi) is 4.02. The molecule has 1 aromatic carbocycles. The molecule has 18 heavy (non-hydrogen) atoms. The number of halogens is 2. The third-order valence-electron chi connectivity index (χ3n) is 3.22. The monoisotopic (exact) mass is 315 g/mol. The molecule has 1 aliphatic carbocycles. The van der Waals surface area contributed by atoms with Crippen molar-refractivity contribution in [3.8, 4) is 0 Å². The Morgan fingerprint density at radius 1 is 1.61 bits per heavy atom. The topological polar surface area (TPSA) is 40.5 Å². The van der Waals surface area contributed by atoms with Crippen LogP contribution in [0.3, 0.4) is 0 Å². The van der Waals surface area contributed by atoms with Crippen molar-refractivity contribution in [3.63, 3.8) is 0 Å². The molecule has 0 saturated heterocycles. The minimum absolute atomic E-state index is 0.303. The van der Waals surface area contributed by atoms with Crippen molar-refractivity contribution in [2.75, 3.05) is 0 Å². The zero-order valence-corrected chi connectivity index (χ0v) is 11.7. The van der Waals surface area contributed by atoms with Gasteiger partial charge in [-0.1, -0.05) is 6.07 Å². The molecule has 1 aliphatic rings. The van der Waals surface area contributed by atoms with Crippen molar-refractivity contribution < 1.29 is 14.3 Å². The van der Waals surface area contributed by atoms with E-state index in [0.29, 0.717) is 17.1 Å². The van der Waals surface area contributed by atoms with E-state index in [4.69, 9.17) is 5.11 Å². The maximum atomic E-state index is 13.1. The number of benzene rings is 1. The summed E-state index contributed by atoms with van der Waals surface area (Å²) in [6.07, 6.45) is 2.08. The maximum Gasteiger partial charge on any atom is 0.320 e. The summed E-state index contributed by atoms with van der Waals surface area (Å²) in [5.41, 5.74) is 0.920. The minimum atomic E-state index is -0.817. The number of carboxylic acids is 1. The predicted octanol–water partition coefficient (Wildman–Crippen LogP) is 3.03. The van der Waals surface area contributed by atoms with E-state index in [9.17, 15) is 9.18 Å². The van der Waals surface area contributed by atoms with Gasteiger partial charge in [-0.25, -0.2) is 4.39 Å². The van der Waals surface area contributed by atoms with Gasteiger partial charge in [-0.3, -0.25) is 9.69 Å². The van der Waals surface area contributed by atoms with Gasteiger partial charge >= 0.3 is 5.97 Å². The number of hydrogen-bond acceptors (Lipinski definition) is 2. The first-order valence-corrected chi connectivity index (χ1v) is 6.71. The Bertz CT molecular complexity index is 462. The van der Waals surface area contributed by atoms with Crippen LogP contribution >= 0.6 is 15.9 Å². The van der Waals surface area contributed by atoms with E-state index < -0.39 is 12.0 Å². The molecule has 98 valence electrons. The Morgan fingerprint density at radius 2 is 2.28 bits per heavy atom. The van der Waals surface area contributed by atoms with Gasteiger partial charge in [0.1, 0.15) is 11.9 Å². The highest BCUT2D eigenvalue weighted by molar-refractivity contribution is 9.10. The molecule has 1 fully saturated rings. The van der Waals surface area contributed by atoms with E-state index >= 15 is 0 Å². The smallest absolute Gasteiger partial charge is 0.320 e. The van der Waals surface area contributed by atoms with Gasteiger partial charge in [-0.05, 0) is 53.4 Å². The molecule has 1 aromatic rings. The number of hydrogen-bond donors (Lipinski definition) is 1. The van der Waals surface area contributed by atoms with E-state index in [1.165, 1.54) is 6.07 Å². The Balaban J connectivity index is 2.13. The third-order valence-corrected chi connectivity index (χ3v) is 3.83. The first kappa shape index (κ1) is 13.5. The lowest BCUT2D eigenvalue weighted by Gasteiger charge is -2.26. The Morgan fingerprint density at radius 3 is 2.78 bits per heavy atom. The largest absolute Gasteiger partial charge is 0.480 e. The van der Waals surface area contributed by atoms with Crippen LogP contribution in [0.4, 0.5) is 4.39 Å². The summed E-state index contributed by atoms with van der Waals surface area (Å²) in [7, 11) is 0. The van der Waals surface area contributed by atoms with Gasteiger partial charge in [-0.2, -0.15) is 0 Å². The molecular weight excluding hydrogens is 301 g/mol. The summed E-state index contributed by atoms with van der Waals surface area (Å²) in [6.45, 7) is 2.23. The quantitative estimate of drug-likeness (QED) is 0.908. The van der Waals surface area contributed by atoms with Crippen LogP contribution in [-0.4, -0.2) is 28.1 Å². The molecule has 5 heteroatoms. The van der Waals surface area contributed by atoms with Gasteiger partial charge in [0.2, 0.25) is 0 Å². The first-order chi connectivity index (χ1) is 8.49. The van der Waals surface area contributed by atoms with Gasteiger partial charge in [0.05, 0.1) is 4.47 Å². The van der Waals surface area contributed by atoms with Crippen LogP contribution in [0.5, 0.6) is 0 Å². The van der Waals surface area contributed by atoms with E-state index in [1.807, 2.05) is 4.90 Å². The lowest BCUT2D eigenvalue weighted by atomic mass is 10.1. The van der Waals surface area contributed by atoms with E-state index in [-0.39, 0.29) is 5.82 Å². The molecule has 3 nitrogen and oxygen atoms in total. The fourth-order valence-electron chi connectivity index (χ4n) is 1.98. The highest BCUT2D eigenvalue weighted by atomic mass is 79.9. The second-order valence-electron chi connectivity index (χ2n) is 4.67. The van der Waals surface area contributed by atoms with Crippen LogP contribution in [-0.2, 0) is 11.3 Å². The average molecular weight is 316 g/mol. The van der Waals surface area contributed by atoms with Gasteiger partial charge in [0.25, 0.3) is 0 Å². The van der Waals surface area contributed by atoms with Crippen molar-refractivity contribution in [1.29, 1.82) is 0 Å². The molecule has 0 aliphatic heterocycles. The summed E-state index contributed by atoms with van der Waals surface area (Å²) in [4.78, 5) is 13.0. The zero-order chi connectivity index (χ0) is 13.3. The number of carboxylic acid groups (broad SMARTS) is 1. The summed E-state index contributed by atoms with van der Waals surface area (Å²) in [5.74, 6) is -1.12. The van der Waals surface area contributed by atoms with Crippen molar-refractivity contribution in [2.45, 2.75) is 38.4 Å². The Hall–Kier alpha value is -0.940. The van der Waals surface area contributed by atoms with Crippen LogP contribution in [0.2, 0.25) is 0 Å². The molecule has 0 bridgehead atoms. The lowest BCUT2D eigenvalue weighted by molar-refractivity contribution is -0.143. The molecule has 0 amide bonds. The molecule has 1 atom stereocenters.